The number of hydrogen-bond acceptors (Lipinski definition) is 9. The van der Waals surface area contributed by atoms with Crippen molar-refractivity contribution >= 4 is 81.4 Å². The van der Waals surface area contributed by atoms with Crippen molar-refractivity contribution in [1.82, 2.24) is 9.97 Å². The summed E-state index contributed by atoms with van der Waals surface area (Å²) in [5.74, 6) is -1.14. The Bertz CT molecular complexity index is 965. The summed E-state index contributed by atoms with van der Waals surface area (Å²) in [6, 6.07) is 3.81. The zero-order valence-electron chi connectivity index (χ0n) is 14.0. The molecule has 28 heavy (non-hydrogen) atoms. The number of nitrogens with zero attached hydrogens (tertiary/aromatic N) is 3. The number of nitrogens with two attached hydrogens (primary N) is 1. The second-order valence-corrected chi connectivity index (χ2v) is 6.07. The van der Waals surface area contributed by atoms with Crippen molar-refractivity contribution in [1.29, 1.82) is 0 Å². The Kier molecular flexibility index (Phi) is 8.91. The summed E-state index contributed by atoms with van der Waals surface area (Å²) >= 11 is 5.78. The number of rotatable bonds is 5. The number of esters is 1. The molecule has 0 aliphatic heterocycles. The number of carbonyl (C=O) groups is 2. The molecule has 1 heterocycles. The number of methoxy groups -OCH3 is 2. The number of carbonyl (C=O) groups excluding carboxylic acids is 2. The van der Waals surface area contributed by atoms with Gasteiger partial charge in [0.05, 0.1) is 25.5 Å². The number of halogens is 1. The normalized spacial score (nSPS) is 10.0. The van der Waals surface area contributed by atoms with E-state index in [1.165, 1.54) is 31.4 Å². The molecule has 2 rings (SSSR count). The van der Waals surface area contributed by atoms with Crippen LogP contribution in [0, 0.1) is 0 Å². The summed E-state index contributed by atoms with van der Waals surface area (Å²) in [6.07, 6.45) is 0. The first-order chi connectivity index (χ1) is 12.8. The topological polar surface area (TPSA) is 154 Å². The van der Waals surface area contributed by atoms with E-state index in [4.69, 9.17) is 22.1 Å². The molecule has 0 bridgehead atoms. The molecule has 0 saturated carbocycles. The van der Waals surface area contributed by atoms with Crippen LogP contribution in [0.5, 0.6) is 5.88 Å². The molecule has 0 aliphatic rings. The summed E-state index contributed by atoms with van der Waals surface area (Å²) in [5.41, 5.74) is 5.30. The van der Waals surface area contributed by atoms with Crippen LogP contribution in [0.25, 0.3) is 0 Å². The van der Waals surface area contributed by atoms with Crippen molar-refractivity contribution in [3.63, 3.8) is 0 Å². The van der Waals surface area contributed by atoms with Gasteiger partial charge in [-0.1, -0.05) is 11.6 Å². The van der Waals surface area contributed by atoms with Crippen LogP contribution < -0.4 is 20.1 Å². The third-order valence-electron chi connectivity index (χ3n) is 3.11. The van der Waals surface area contributed by atoms with Crippen LogP contribution in [-0.4, -0.2) is 74.2 Å². The summed E-state index contributed by atoms with van der Waals surface area (Å²) in [7, 11) is -1.08. The van der Waals surface area contributed by atoms with Crippen LogP contribution in [0.2, 0.25) is 5.15 Å². The van der Waals surface area contributed by atoms with Crippen molar-refractivity contribution in [2.24, 2.45) is 0 Å². The van der Waals surface area contributed by atoms with Crippen LogP contribution in [-0.2, 0) is 15.6 Å². The molecule has 14 heteroatoms. The molecule has 0 spiro atoms. The molecule has 0 aliphatic carbocycles. The van der Waals surface area contributed by atoms with Gasteiger partial charge >= 0.3 is 41.6 Å². The Morgan fingerprint density at radius 1 is 1.21 bits per heavy atom. The fraction of sp³-hybridized carbons (Fsp3) is 0.143. The summed E-state index contributed by atoms with van der Waals surface area (Å²) < 4.78 is 33.2. The summed E-state index contributed by atoms with van der Waals surface area (Å²) in [6.45, 7) is 0. The molecule has 3 N–H and O–H groups in total. The first-order valence-corrected chi connectivity index (χ1v) is 8.59. The Labute approximate surface area is 188 Å². The summed E-state index contributed by atoms with van der Waals surface area (Å²) in [5, 5.41) is 2.13. The number of aromatic nitrogens is 2. The van der Waals surface area contributed by atoms with Crippen molar-refractivity contribution in [3.05, 3.63) is 35.0 Å². The second-order valence-electron chi connectivity index (χ2n) is 4.80. The molecular formula is C14H15ClN5NaO6S. The van der Waals surface area contributed by atoms with Crippen molar-refractivity contribution in [2.75, 3.05) is 29.6 Å². The molecule has 0 atom stereocenters. The molecule has 146 valence electrons. The fourth-order valence-electron chi connectivity index (χ4n) is 1.99. The van der Waals surface area contributed by atoms with Gasteiger partial charge in [-0.05, 0) is 18.2 Å². The van der Waals surface area contributed by atoms with Crippen LogP contribution >= 0.6 is 11.6 Å². The van der Waals surface area contributed by atoms with E-state index >= 15 is 0 Å². The van der Waals surface area contributed by atoms with E-state index in [9.17, 15) is 18.0 Å². The maximum absolute atomic E-state index is 12.5. The van der Waals surface area contributed by atoms with Crippen LogP contribution in [0.4, 0.5) is 22.1 Å². The molecule has 1 aromatic heterocycles. The van der Waals surface area contributed by atoms with E-state index in [0.717, 1.165) is 7.11 Å². The Hall–Kier alpha value is -2.12. The molecule has 2 amide bonds. The van der Waals surface area contributed by atoms with E-state index in [0.29, 0.717) is 4.31 Å². The molecule has 0 unspecified atom stereocenters. The number of anilines is 3. The van der Waals surface area contributed by atoms with Gasteiger partial charge in [0.2, 0.25) is 22.7 Å². The van der Waals surface area contributed by atoms with Crippen LogP contribution in [0.3, 0.4) is 0 Å². The number of benzene rings is 1. The van der Waals surface area contributed by atoms with Gasteiger partial charge in [0, 0.05) is 11.8 Å². The monoisotopic (exact) mass is 439 g/mol. The van der Waals surface area contributed by atoms with E-state index in [-0.39, 0.29) is 63.5 Å². The number of thiol groups is 1. The number of urea groups is 1. The van der Waals surface area contributed by atoms with Gasteiger partial charge in [0.15, 0.2) is 0 Å². The first kappa shape index (κ1) is 23.9. The molecule has 0 saturated heterocycles. The quantitative estimate of drug-likeness (QED) is 0.198. The Morgan fingerprint density at radius 2 is 1.89 bits per heavy atom. The molecule has 0 fully saturated rings. The van der Waals surface area contributed by atoms with Gasteiger partial charge < -0.3 is 15.2 Å². The summed E-state index contributed by atoms with van der Waals surface area (Å²) in [4.78, 5) is 32.0. The number of ether oxygens (including phenoxy) is 2. The molecule has 11 nitrogen and oxygen atoms in total. The number of nitrogens with one attached hydrogen (secondary N) is 1. The Morgan fingerprint density at radius 3 is 2.46 bits per heavy atom. The SMILES string of the molecule is COC(=O)c1cc(N)ccc1N(C(=O)Nc1nc(Cl)cc(OC)n1)[SH](=O)=O.[NaH]. The molecule has 1 aromatic carbocycles. The van der Waals surface area contributed by atoms with Gasteiger partial charge in [-0.2, -0.15) is 9.29 Å². The first-order valence-electron chi connectivity index (χ1n) is 7.08. The van der Waals surface area contributed by atoms with Crippen molar-refractivity contribution in [2.45, 2.75) is 0 Å². The average molecular weight is 440 g/mol. The Balaban J connectivity index is 0.00000392. The maximum atomic E-state index is 12.5. The van der Waals surface area contributed by atoms with Crippen LogP contribution in [0.1, 0.15) is 10.4 Å². The van der Waals surface area contributed by atoms with E-state index < -0.39 is 22.9 Å². The fourth-order valence-corrected chi connectivity index (χ4v) is 2.71. The van der Waals surface area contributed by atoms with E-state index in [2.05, 4.69) is 20.0 Å². The van der Waals surface area contributed by atoms with Gasteiger partial charge in [-0.3, -0.25) is 5.32 Å². The molecule has 0 radical (unpaired) electrons. The third kappa shape index (κ3) is 5.69. The van der Waals surface area contributed by atoms with Gasteiger partial charge in [0.1, 0.15) is 5.15 Å². The predicted octanol–water partition coefficient (Wildman–Crippen LogP) is 0.424. The van der Waals surface area contributed by atoms with Crippen molar-refractivity contribution in [3.8, 4) is 5.88 Å². The minimum atomic E-state index is -3.50. The second kappa shape index (κ2) is 10.4. The van der Waals surface area contributed by atoms with Gasteiger partial charge in [-0.15, -0.1) is 0 Å². The van der Waals surface area contributed by atoms with Gasteiger partial charge in [0.25, 0.3) is 0 Å². The number of amides is 2. The zero-order chi connectivity index (χ0) is 20.1. The van der Waals surface area contributed by atoms with Crippen LogP contribution in [0.15, 0.2) is 24.3 Å². The van der Waals surface area contributed by atoms with E-state index in [1.54, 1.807) is 0 Å². The molecular weight excluding hydrogens is 425 g/mol. The number of hydrogen-bond donors (Lipinski definition) is 3. The predicted molar refractivity (Wildman–Crippen MR) is 105 cm³/mol. The standard InChI is InChI=1S/C14H14ClN5O6S.Na.H/c1-25-11-6-10(15)17-13(18-11)19-14(22)20(27(23)24)9-4-3-7(16)5-8(9)12(21)26-2;;/h3-6,27H,16H2,1-2H3,(H,17,18,19,22);;. The van der Waals surface area contributed by atoms with E-state index in [1.807, 2.05) is 0 Å². The molecule has 2 aromatic rings. The van der Waals surface area contributed by atoms with Crippen molar-refractivity contribution < 1.29 is 27.5 Å². The van der Waals surface area contributed by atoms with Gasteiger partial charge in [-0.25, -0.2) is 23.0 Å². The zero-order valence-corrected chi connectivity index (χ0v) is 15.7. The third-order valence-corrected chi connectivity index (χ3v) is 4.03. The minimum absolute atomic E-state index is 0. The number of nitrogen functional groups attached to an aromatic ring is 1. The average Bonchev–Trinajstić information content (AvgIpc) is 2.61.